The number of amides is 1. The van der Waals surface area contributed by atoms with E-state index < -0.39 is 17.0 Å². The van der Waals surface area contributed by atoms with E-state index in [-0.39, 0.29) is 25.2 Å². The van der Waals surface area contributed by atoms with Gasteiger partial charge in [0, 0.05) is 19.0 Å². The molecule has 1 N–H and O–H groups in total. The molecule has 5 aromatic carbocycles. The Morgan fingerprint density at radius 2 is 1.09 bits per heavy atom. The summed E-state index contributed by atoms with van der Waals surface area (Å²) < 4.78 is 7.51. The highest BCUT2D eigenvalue weighted by Gasteiger charge is 2.43. The molecular weight excluding hydrogens is 582 g/mol. The Hall–Kier alpha value is -5.75. The van der Waals surface area contributed by atoms with E-state index in [0.29, 0.717) is 5.69 Å². The van der Waals surface area contributed by atoms with E-state index in [2.05, 4.69) is 46.3 Å². The molecular formula is C41H37N3O3. The average Bonchev–Trinajstić information content (AvgIpc) is 3.58. The number of ether oxygens (including phenoxy) is 1. The Labute approximate surface area is 275 Å². The van der Waals surface area contributed by atoms with Crippen LogP contribution in [0.2, 0.25) is 0 Å². The molecule has 0 aliphatic heterocycles. The van der Waals surface area contributed by atoms with E-state index in [9.17, 15) is 9.59 Å². The predicted octanol–water partition coefficient (Wildman–Crippen LogP) is 6.78. The van der Waals surface area contributed by atoms with Crippen LogP contribution in [0, 0.1) is 0 Å². The summed E-state index contributed by atoms with van der Waals surface area (Å²) in [6.07, 6.45) is 4.28. The van der Waals surface area contributed by atoms with Crippen LogP contribution in [0.25, 0.3) is 0 Å². The molecule has 6 aromatic rings. The Morgan fingerprint density at radius 3 is 1.55 bits per heavy atom. The molecule has 6 rings (SSSR count). The Balaban J connectivity index is 1.47. The zero-order valence-corrected chi connectivity index (χ0v) is 26.3. The van der Waals surface area contributed by atoms with Gasteiger partial charge in [-0.05, 0) is 27.8 Å². The van der Waals surface area contributed by atoms with Crippen molar-refractivity contribution in [2.45, 2.75) is 30.3 Å². The van der Waals surface area contributed by atoms with E-state index in [0.717, 1.165) is 27.8 Å². The third-order valence-corrected chi connectivity index (χ3v) is 8.59. The van der Waals surface area contributed by atoms with Crippen molar-refractivity contribution in [3.63, 3.8) is 0 Å². The number of hydrogen-bond acceptors (Lipinski definition) is 4. The highest BCUT2D eigenvalue weighted by Crippen LogP contribution is 2.41. The smallest absolute Gasteiger partial charge is 0.332 e. The summed E-state index contributed by atoms with van der Waals surface area (Å²) in [4.78, 5) is 32.3. The number of aromatic nitrogens is 2. The van der Waals surface area contributed by atoms with Gasteiger partial charge in [-0.1, -0.05) is 152 Å². The van der Waals surface area contributed by atoms with Crippen LogP contribution in [0.4, 0.5) is 0 Å². The van der Waals surface area contributed by atoms with Crippen LogP contribution in [0.3, 0.4) is 0 Å². The van der Waals surface area contributed by atoms with Gasteiger partial charge in [0.05, 0.1) is 25.6 Å². The van der Waals surface area contributed by atoms with Gasteiger partial charge in [0.15, 0.2) is 0 Å². The molecule has 1 amide bonds. The summed E-state index contributed by atoms with van der Waals surface area (Å²) in [5.41, 5.74) is 3.38. The summed E-state index contributed by atoms with van der Waals surface area (Å²) in [5, 5.41) is 3.11. The molecule has 0 aliphatic carbocycles. The molecule has 234 valence electrons. The monoisotopic (exact) mass is 619 g/mol. The molecule has 1 aromatic heterocycles. The van der Waals surface area contributed by atoms with Gasteiger partial charge >= 0.3 is 5.97 Å². The number of esters is 1. The van der Waals surface area contributed by atoms with Gasteiger partial charge in [-0.25, -0.2) is 9.78 Å². The fourth-order valence-electron chi connectivity index (χ4n) is 6.51. The number of rotatable bonds is 12. The van der Waals surface area contributed by atoms with Crippen molar-refractivity contribution in [1.29, 1.82) is 0 Å². The molecule has 0 aliphatic rings. The first kappa shape index (κ1) is 31.2. The zero-order chi connectivity index (χ0) is 32.5. The van der Waals surface area contributed by atoms with Crippen molar-refractivity contribution in [1.82, 2.24) is 14.9 Å². The summed E-state index contributed by atoms with van der Waals surface area (Å²) in [7, 11) is 1.36. The Morgan fingerprint density at radius 1 is 0.638 bits per heavy atom. The molecule has 0 radical (unpaired) electrons. The summed E-state index contributed by atoms with van der Waals surface area (Å²) >= 11 is 0. The second-order valence-electron chi connectivity index (χ2n) is 11.7. The lowest BCUT2D eigenvalue weighted by Crippen LogP contribution is -2.58. The standard InChI is InChI=1S/C41H37N3O3/c1-47-39(46)40(28-33-19-9-3-10-20-33,43-38(45)27-32-17-7-2-8-18-32)29-37-30-44(31-42-37)41(34-21-11-4-12-22-34,35-23-13-5-14-24-35)36-25-15-6-16-26-36/h2-26,30-31H,27-29H2,1H3,(H,43,45). The zero-order valence-electron chi connectivity index (χ0n) is 26.3. The van der Waals surface area contributed by atoms with Gasteiger partial charge in [-0.15, -0.1) is 0 Å². The molecule has 6 heteroatoms. The van der Waals surface area contributed by atoms with Crippen LogP contribution >= 0.6 is 0 Å². The lowest BCUT2D eigenvalue weighted by Gasteiger charge is -2.37. The normalized spacial score (nSPS) is 12.5. The molecule has 0 saturated carbocycles. The topological polar surface area (TPSA) is 73.2 Å². The minimum atomic E-state index is -1.41. The first-order valence-electron chi connectivity index (χ1n) is 15.7. The minimum absolute atomic E-state index is 0.122. The van der Waals surface area contributed by atoms with E-state index >= 15 is 0 Å². The number of benzene rings is 5. The van der Waals surface area contributed by atoms with Gasteiger partial charge in [0.25, 0.3) is 0 Å². The Kier molecular flexibility index (Phi) is 9.39. The van der Waals surface area contributed by atoms with Crippen LogP contribution < -0.4 is 5.32 Å². The number of nitrogens with one attached hydrogen (secondary N) is 1. The SMILES string of the molecule is COC(=O)C(Cc1ccccc1)(Cc1cn(C(c2ccccc2)(c2ccccc2)c2ccccc2)cn1)NC(=O)Cc1ccccc1. The number of methoxy groups -OCH3 is 1. The fourth-order valence-corrected chi connectivity index (χ4v) is 6.51. The summed E-state index contributed by atoms with van der Waals surface area (Å²) in [6.45, 7) is 0. The first-order chi connectivity index (χ1) is 23.0. The van der Waals surface area contributed by atoms with Crippen molar-refractivity contribution in [3.05, 3.63) is 198 Å². The largest absolute Gasteiger partial charge is 0.467 e. The summed E-state index contributed by atoms with van der Waals surface area (Å²) in [5.74, 6) is -0.804. The fraction of sp³-hybridized carbons (Fsp3) is 0.146. The van der Waals surface area contributed by atoms with Gasteiger partial charge in [-0.2, -0.15) is 0 Å². The van der Waals surface area contributed by atoms with Crippen molar-refractivity contribution in [2.75, 3.05) is 7.11 Å². The molecule has 6 nitrogen and oxygen atoms in total. The maximum atomic E-state index is 13.8. The lowest BCUT2D eigenvalue weighted by atomic mass is 9.76. The minimum Gasteiger partial charge on any atom is -0.467 e. The van der Waals surface area contributed by atoms with E-state index in [1.807, 2.05) is 128 Å². The predicted molar refractivity (Wildman–Crippen MR) is 184 cm³/mol. The number of imidazole rings is 1. The second kappa shape index (κ2) is 14.1. The van der Waals surface area contributed by atoms with Gasteiger partial charge in [-0.3, -0.25) is 4.79 Å². The highest BCUT2D eigenvalue weighted by atomic mass is 16.5. The highest BCUT2D eigenvalue weighted by molar-refractivity contribution is 5.89. The quantitative estimate of drug-likeness (QED) is 0.121. The maximum absolute atomic E-state index is 13.8. The molecule has 0 bridgehead atoms. The molecule has 1 atom stereocenters. The van der Waals surface area contributed by atoms with Crippen molar-refractivity contribution in [3.8, 4) is 0 Å². The van der Waals surface area contributed by atoms with E-state index in [1.165, 1.54) is 7.11 Å². The van der Waals surface area contributed by atoms with Crippen LogP contribution in [0.1, 0.15) is 33.5 Å². The molecule has 1 heterocycles. The average molecular weight is 620 g/mol. The second-order valence-corrected chi connectivity index (χ2v) is 11.7. The third kappa shape index (κ3) is 6.63. The molecule has 47 heavy (non-hydrogen) atoms. The van der Waals surface area contributed by atoms with Crippen LogP contribution in [-0.2, 0) is 39.1 Å². The van der Waals surface area contributed by atoms with E-state index in [4.69, 9.17) is 9.72 Å². The maximum Gasteiger partial charge on any atom is 0.332 e. The van der Waals surface area contributed by atoms with Crippen LogP contribution in [0.5, 0.6) is 0 Å². The first-order valence-corrected chi connectivity index (χ1v) is 15.7. The lowest BCUT2D eigenvalue weighted by molar-refractivity contribution is -0.151. The van der Waals surface area contributed by atoms with Crippen molar-refractivity contribution >= 4 is 11.9 Å². The molecule has 1 unspecified atom stereocenters. The number of nitrogens with zero attached hydrogens (tertiary/aromatic N) is 2. The van der Waals surface area contributed by atoms with Crippen molar-refractivity contribution in [2.24, 2.45) is 0 Å². The number of carbonyl (C=O) groups is 2. The van der Waals surface area contributed by atoms with Gasteiger partial charge in [0.1, 0.15) is 11.1 Å². The third-order valence-electron chi connectivity index (χ3n) is 8.59. The van der Waals surface area contributed by atoms with Crippen LogP contribution in [0.15, 0.2) is 164 Å². The van der Waals surface area contributed by atoms with Crippen molar-refractivity contribution < 1.29 is 14.3 Å². The molecule has 0 fully saturated rings. The number of hydrogen-bond donors (Lipinski definition) is 1. The van der Waals surface area contributed by atoms with Gasteiger partial charge in [0.2, 0.25) is 5.91 Å². The molecule has 0 spiro atoms. The molecule has 0 saturated heterocycles. The van der Waals surface area contributed by atoms with Crippen LogP contribution in [-0.4, -0.2) is 34.1 Å². The Bertz CT molecular complexity index is 1800. The number of carbonyl (C=O) groups excluding carboxylic acids is 2. The van der Waals surface area contributed by atoms with E-state index in [1.54, 1.807) is 0 Å². The van der Waals surface area contributed by atoms with Gasteiger partial charge < -0.3 is 14.6 Å². The summed E-state index contributed by atoms with van der Waals surface area (Å²) in [6, 6.07) is 50.2.